The molecule has 1 N–H and O–H groups in total. The Kier molecular flexibility index (Phi) is 9.44. The Labute approximate surface area is 236 Å². The van der Waals surface area contributed by atoms with Crippen molar-refractivity contribution in [1.82, 2.24) is 20.0 Å². The number of nitrogens with zero attached hydrogens (tertiary/aromatic N) is 3. The van der Waals surface area contributed by atoms with Crippen molar-refractivity contribution in [2.45, 2.75) is 57.5 Å². The molecular formula is C28H40Cl2N4O2S. The molecule has 3 aliphatic rings. The molecule has 0 unspecified atom stereocenters. The van der Waals surface area contributed by atoms with Gasteiger partial charge in [0.25, 0.3) is 11.8 Å². The molecule has 9 heteroatoms. The number of thiophene rings is 1. The van der Waals surface area contributed by atoms with Gasteiger partial charge in [0.15, 0.2) is 5.66 Å². The number of fused-ring (bicyclic) bond motifs is 1. The highest BCUT2D eigenvalue weighted by atomic mass is 35.5. The highest BCUT2D eigenvalue weighted by Gasteiger charge is 2.45. The first-order valence-corrected chi connectivity index (χ1v) is 14.8. The highest BCUT2D eigenvalue weighted by Crippen LogP contribution is 2.34. The molecule has 6 nitrogen and oxygen atoms in total. The Morgan fingerprint density at radius 2 is 1.57 bits per heavy atom. The van der Waals surface area contributed by atoms with Gasteiger partial charge in [-0.05, 0) is 101 Å². The van der Waals surface area contributed by atoms with E-state index in [0.717, 1.165) is 67.9 Å². The predicted octanol–water partition coefficient (Wildman–Crippen LogP) is 5.49. The second-order valence-corrected chi connectivity index (χ2v) is 12.7. The Hall–Kier alpha value is -1.38. The Balaban J connectivity index is 0.00000320. The van der Waals surface area contributed by atoms with E-state index in [0.29, 0.717) is 15.8 Å². The third kappa shape index (κ3) is 6.27. The summed E-state index contributed by atoms with van der Waals surface area (Å²) < 4.78 is 0.981. The van der Waals surface area contributed by atoms with Crippen LogP contribution in [0.2, 0.25) is 5.02 Å². The number of carbonyl (C=O) groups is 2. The number of amides is 2. The van der Waals surface area contributed by atoms with E-state index in [4.69, 9.17) is 11.6 Å². The number of hydrogen-bond acceptors (Lipinski definition) is 5. The maximum absolute atomic E-state index is 14.1. The molecule has 1 aromatic heterocycles. The fraction of sp³-hybridized carbons (Fsp3) is 0.643. The number of rotatable bonds is 5. The van der Waals surface area contributed by atoms with E-state index in [1.54, 1.807) is 0 Å². The average molecular weight is 568 g/mol. The normalized spacial score (nSPS) is 22.4. The summed E-state index contributed by atoms with van der Waals surface area (Å²) in [6.07, 6.45) is 7.97. The van der Waals surface area contributed by atoms with Crippen LogP contribution in [0.4, 0.5) is 0 Å². The van der Waals surface area contributed by atoms with Gasteiger partial charge in [-0.1, -0.05) is 24.1 Å². The van der Waals surface area contributed by atoms with Crippen LogP contribution in [0.5, 0.6) is 0 Å². The van der Waals surface area contributed by atoms with Crippen LogP contribution in [0, 0.1) is 11.8 Å². The number of benzene rings is 1. The summed E-state index contributed by atoms with van der Waals surface area (Å²) in [5, 5.41) is 4.86. The molecule has 0 saturated carbocycles. The number of nitrogens with one attached hydrogen (secondary N) is 1. The summed E-state index contributed by atoms with van der Waals surface area (Å²) in [6.45, 7) is 7.53. The third-order valence-electron chi connectivity index (χ3n) is 8.72. The van der Waals surface area contributed by atoms with Gasteiger partial charge in [-0.15, -0.1) is 23.7 Å². The Bertz CT molecular complexity index is 1090. The van der Waals surface area contributed by atoms with Crippen LogP contribution < -0.4 is 5.32 Å². The second-order valence-electron chi connectivity index (χ2n) is 11.1. The van der Waals surface area contributed by atoms with Gasteiger partial charge in [0.05, 0.1) is 4.88 Å². The molecule has 1 aromatic carbocycles. The van der Waals surface area contributed by atoms with Crippen molar-refractivity contribution in [1.29, 1.82) is 0 Å². The van der Waals surface area contributed by atoms with Gasteiger partial charge >= 0.3 is 0 Å². The zero-order valence-electron chi connectivity index (χ0n) is 22.0. The standard InChI is InChI=1S/C28H39ClN4O2S.ClH/c1-28(33-12-4-3-5-13-33,30-26(34)25-18-22-6-7-23(29)19-24(22)36-25)27(35)32-16-10-21(11-17-32)20-8-14-31(2)15-9-20;/h6-7,18-21H,3-5,8-17H2,1-2H3,(H,30,34);1H/t28-;/m0./s1. The molecule has 0 spiro atoms. The fourth-order valence-corrected chi connectivity index (χ4v) is 7.62. The average Bonchev–Trinajstić information content (AvgIpc) is 3.33. The lowest BCUT2D eigenvalue weighted by Crippen LogP contribution is -2.68. The van der Waals surface area contributed by atoms with Crippen LogP contribution in [0.3, 0.4) is 0 Å². The molecule has 0 bridgehead atoms. The van der Waals surface area contributed by atoms with Gasteiger partial charge in [-0.25, -0.2) is 0 Å². The molecule has 0 radical (unpaired) electrons. The minimum Gasteiger partial charge on any atom is -0.339 e. The van der Waals surface area contributed by atoms with Gasteiger partial charge in [-0.2, -0.15) is 0 Å². The zero-order valence-corrected chi connectivity index (χ0v) is 24.4. The molecule has 3 fully saturated rings. The van der Waals surface area contributed by atoms with E-state index >= 15 is 0 Å². The van der Waals surface area contributed by atoms with Crippen LogP contribution in [0.1, 0.15) is 61.5 Å². The summed E-state index contributed by atoms with van der Waals surface area (Å²) in [5.41, 5.74) is -1.04. The summed E-state index contributed by atoms with van der Waals surface area (Å²) in [7, 11) is 2.21. The van der Waals surface area contributed by atoms with E-state index in [-0.39, 0.29) is 24.2 Å². The van der Waals surface area contributed by atoms with Crippen molar-refractivity contribution in [2.75, 3.05) is 46.3 Å². The van der Waals surface area contributed by atoms with Crippen molar-refractivity contribution >= 4 is 57.2 Å². The van der Waals surface area contributed by atoms with Crippen molar-refractivity contribution in [3.05, 3.63) is 34.2 Å². The number of piperidine rings is 3. The maximum atomic E-state index is 14.1. The molecule has 0 aliphatic carbocycles. The van der Waals surface area contributed by atoms with Crippen molar-refractivity contribution in [2.24, 2.45) is 11.8 Å². The number of hydrogen-bond donors (Lipinski definition) is 1. The molecule has 3 saturated heterocycles. The lowest BCUT2D eigenvalue weighted by atomic mass is 9.78. The second kappa shape index (κ2) is 12.2. The first-order valence-electron chi connectivity index (χ1n) is 13.6. The molecular weight excluding hydrogens is 527 g/mol. The maximum Gasteiger partial charge on any atom is 0.263 e. The fourth-order valence-electron chi connectivity index (χ4n) is 6.39. The van der Waals surface area contributed by atoms with Gasteiger partial charge in [0, 0.05) is 35.9 Å². The molecule has 2 aromatic rings. The summed E-state index contributed by atoms with van der Waals surface area (Å²) >= 11 is 7.58. The number of halogens is 2. The van der Waals surface area contributed by atoms with Gasteiger partial charge in [0.1, 0.15) is 0 Å². The monoisotopic (exact) mass is 566 g/mol. The van der Waals surface area contributed by atoms with Crippen LogP contribution in [0.15, 0.2) is 24.3 Å². The van der Waals surface area contributed by atoms with Gasteiger partial charge < -0.3 is 15.1 Å². The van der Waals surface area contributed by atoms with E-state index in [1.165, 1.54) is 43.7 Å². The van der Waals surface area contributed by atoms with Gasteiger partial charge in [0.2, 0.25) is 0 Å². The molecule has 5 rings (SSSR count). The minimum atomic E-state index is -1.04. The van der Waals surface area contributed by atoms with Crippen molar-refractivity contribution < 1.29 is 9.59 Å². The molecule has 204 valence electrons. The van der Waals surface area contributed by atoms with E-state index < -0.39 is 5.66 Å². The Morgan fingerprint density at radius 3 is 2.22 bits per heavy atom. The number of carbonyl (C=O) groups excluding carboxylic acids is 2. The minimum absolute atomic E-state index is 0. The van der Waals surface area contributed by atoms with Crippen LogP contribution >= 0.6 is 35.3 Å². The first-order chi connectivity index (χ1) is 17.3. The summed E-state index contributed by atoms with van der Waals surface area (Å²) in [5.74, 6) is 1.36. The van der Waals surface area contributed by atoms with Crippen LogP contribution in [0.25, 0.3) is 10.1 Å². The third-order valence-corrected chi connectivity index (χ3v) is 10.1. The lowest BCUT2D eigenvalue weighted by Gasteiger charge is -2.46. The largest absolute Gasteiger partial charge is 0.339 e. The quantitative estimate of drug-likeness (QED) is 0.520. The molecule has 3 aliphatic heterocycles. The molecule has 2 amide bonds. The van der Waals surface area contributed by atoms with Crippen LogP contribution in [-0.2, 0) is 4.79 Å². The van der Waals surface area contributed by atoms with Gasteiger partial charge in [-0.3, -0.25) is 14.5 Å². The summed E-state index contributed by atoms with van der Waals surface area (Å²) in [4.78, 5) is 34.8. The predicted molar refractivity (Wildman–Crippen MR) is 155 cm³/mol. The number of likely N-dealkylation sites (tertiary alicyclic amines) is 3. The molecule has 4 heterocycles. The molecule has 37 heavy (non-hydrogen) atoms. The smallest absolute Gasteiger partial charge is 0.263 e. The molecule has 1 atom stereocenters. The topological polar surface area (TPSA) is 55.9 Å². The SMILES string of the molecule is CN1CCC(C2CCN(C(=O)[C@@](C)(NC(=O)c3cc4ccc(Cl)cc4s3)N3CCCCC3)CC2)CC1.Cl. The van der Waals surface area contributed by atoms with Crippen molar-refractivity contribution in [3.63, 3.8) is 0 Å². The van der Waals surface area contributed by atoms with E-state index in [1.807, 2.05) is 36.1 Å². The summed E-state index contributed by atoms with van der Waals surface area (Å²) in [6, 6.07) is 7.57. The van der Waals surface area contributed by atoms with Crippen LogP contribution in [-0.4, -0.2) is 78.5 Å². The lowest BCUT2D eigenvalue weighted by molar-refractivity contribution is -0.148. The first kappa shape index (κ1) is 28.6. The van der Waals surface area contributed by atoms with E-state index in [9.17, 15) is 9.59 Å². The van der Waals surface area contributed by atoms with E-state index in [2.05, 4.69) is 22.2 Å². The van der Waals surface area contributed by atoms with Crippen molar-refractivity contribution in [3.8, 4) is 0 Å². The Morgan fingerprint density at radius 1 is 0.946 bits per heavy atom. The zero-order chi connectivity index (χ0) is 25.3. The highest BCUT2D eigenvalue weighted by molar-refractivity contribution is 7.20.